The summed E-state index contributed by atoms with van der Waals surface area (Å²) in [6, 6.07) is 9.49. The van der Waals surface area contributed by atoms with E-state index in [1.54, 1.807) is 18.7 Å². The largest absolute Gasteiger partial charge is 0.481 e. The van der Waals surface area contributed by atoms with Gasteiger partial charge >= 0.3 is 5.97 Å². The molecule has 2 N–H and O–H groups in total. The lowest BCUT2D eigenvalue weighted by Crippen LogP contribution is -2.37. The second-order valence-corrected chi connectivity index (χ2v) is 5.96. The number of aliphatic carboxylic acids is 1. The summed E-state index contributed by atoms with van der Waals surface area (Å²) in [5.74, 6) is -1.07. The molecule has 1 atom stereocenters. The Morgan fingerprint density at radius 2 is 1.92 bits per heavy atom. The smallest absolute Gasteiger partial charge is 0.303 e. The highest BCUT2D eigenvalue weighted by atomic mass is 16.4. The van der Waals surface area contributed by atoms with Crippen molar-refractivity contribution in [3.63, 3.8) is 0 Å². The Kier molecular flexibility index (Phi) is 5.73. The van der Waals surface area contributed by atoms with Gasteiger partial charge in [0, 0.05) is 25.2 Å². The van der Waals surface area contributed by atoms with Crippen LogP contribution in [0, 0.1) is 13.8 Å². The third-order valence-electron chi connectivity index (χ3n) is 4.10. The van der Waals surface area contributed by atoms with Crippen LogP contribution < -0.4 is 5.32 Å². The molecule has 0 radical (unpaired) electrons. The van der Waals surface area contributed by atoms with Gasteiger partial charge < -0.3 is 10.4 Å². The molecule has 6 nitrogen and oxygen atoms in total. The first-order chi connectivity index (χ1) is 11.4. The predicted molar refractivity (Wildman–Crippen MR) is 91.0 cm³/mol. The molecule has 0 saturated carbocycles. The number of aromatic nitrogens is 2. The van der Waals surface area contributed by atoms with E-state index < -0.39 is 5.97 Å². The summed E-state index contributed by atoms with van der Waals surface area (Å²) >= 11 is 0. The molecule has 1 unspecified atom stereocenters. The zero-order valence-corrected chi connectivity index (χ0v) is 14.2. The van der Waals surface area contributed by atoms with Gasteiger partial charge in [-0.05, 0) is 32.3 Å². The number of carbonyl (C=O) groups excluding carboxylic acids is 1. The van der Waals surface area contributed by atoms with Gasteiger partial charge in [0.1, 0.15) is 0 Å². The van der Waals surface area contributed by atoms with Crippen molar-refractivity contribution in [3.05, 3.63) is 52.8 Å². The van der Waals surface area contributed by atoms with Gasteiger partial charge in [0.25, 0.3) is 5.91 Å². The van der Waals surface area contributed by atoms with E-state index in [1.165, 1.54) is 0 Å². The molecule has 2 rings (SSSR count). The third kappa shape index (κ3) is 4.44. The fraction of sp³-hybridized carbons (Fsp3) is 0.389. The summed E-state index contributed by atoms with van der Waals surface area (Å²) in [6.45, 7) is 3.64. The zero-order valence-electron chi connectivity index (χ0n) is 14.2. The van der Waals surface area contributed by atoms with E-state index in [1.807, 2.05) is 37.3 Å². The standard InChI is InChI=1S/C18H23N3O3/c1-12-17(13(2)21(3)20-12)18(24)19-15(9-10-16(22)23)11-14-7-5-4-6-8-14/h4-8,15H,9-11H2,1-3H3,(H,19,24)(H,22,23). The van der Waals surface area contributed by atoms with Crippen LogP contribution in [0.3, 0.4) is 0 Å². The van der Waals surface area contributed by atoms with Crippen LogP contribution in [0.5, 0.6) is 0 Å². The van der Waals surface area contributed by atoms with Gasteiger partial charge in [0.15, 0.2) is 0 Å². The lowest BCUT2D eigenvalue weighted by molar-refractivity contribution is -0.137. The third-order valence-corrected chi connectivity index (χ3v) is 4.10. The Bertz CT molecular complexity index is 723. The van der Waals surface area contributed by atoms with Crippen LogP contribution in [0.1, 0.15) is 40.2 Å². The van der Waals surface area contributed by atoms with Crippen molar-refractivity contribution >= 4 is 11.9 Å². The Labute approximate surface area is 141 Å². The van der Waals surface area contributed by atoms with E-state index in [9.17, 15) is 9.59 Å². The molecule has 0 aliphatic heterocycles. The summed E-state index contributed by atoms with van der Waals surface area (Å²) in [5, 5.41) is 16.2. The molecule has 1 aromatic heterocycles. The number of nitrogens with zero attached hydrogens (tertiary/aromatic N) is 2. The molecule has 6 heteroatoms. The topological polar surface area (TPSA) is 84.2 Å². The minimum Gasteiger partial charge on any atom is -0.481 e. The number of amides is 1. The monoisotopic (exact) mass is 329 g/mol. The molecule has 1 heterocycles. The summed E-state index contributed by atoms with van der Waals surface area (Å²) in [7, 11) is 1.80. The molecule has 0 spiro atoms. The molecule has 1 amide bonds. The van der Waals surface area contributed by atoms with Crippen molar-refractivity contribution < 1.29 is 14.7 Å². The van der Waals surface area contributed by atoms with Gasteiger partial charge in [-0.3, -0.25) is 14.3 Å². The normalized spacial score (nSPS) is 12.0. The molecule has 0 bridgehead atoms. The lowest BCUT2D eigenvalue weighted by Gasteiger charge is -2.18. The fourth-order valence-electron chi connectivity index (χ4n) is 2.78. The summed E-state index contributed by atoms with van der Waals surface area (Å²) in [5.41, 5.74) is 3.09. The number of hydrogen-bond acceptors (Lipinski definition) is 3. The highest BCUT2D eigenvalue weighted by Gasteiger charge is 2.21. The molecular weight excluding hydrogens is 306 g/mol. The van der Waals surface area contributed by atoms with Gasteiger partial charge in [-0.1, -0.05) is 30.3 Å². The highest BCUT2D eigenvalue weighted by Crippen LogP contribution is 2.14. The molecule has 0 aliphatic carbocycles. The van der Waals surface area contributed by atoms with E-state index in [-0.39, 0.29) is 18.4 Å². The first kappa shape index (κ1) is 17.7. The van der Waals surface area contributed by atoms with Crippen molar-refractivity contribution in [2.45, 2.75) is 39.2 Å². The van der Waals surface area contributed by atoms with Crippen molar-refractivity contribution in [2.75, 3.05) is 0 Å². The molecule has 2 aromatic rings. The second kappa shape index (κ2) is 7.77. The number of nitrogens with one attached hydrogen (secondary N) is 1. The molecule has 0 fully saturated rings. The minimum atomic E-state index is -0.865. The van der Waals surface area contributed by atoms with Crippen molar-refractivity contribution in [2.24, 2.45) is 7.05 Å². The quantitative estimate of drug-likeness (QED) is 0.816. The van der Waals surface area contributed by atoms with Crippen LogP contribution in [0.2, 0.25) is 0 Å². The lowest BCUT2D eigenvalue weighted by atomic mass is 10.0. The van der Waals surface area contributed by atoms with Crippen LogP contribution in [0.4, 0.5) is 0 Å². The van der Waals surface area contributed by atoms with Crippen molar-refractivity contribution in [3.8, 4) is 0 Å². The first-order valence-corrected chi connectivity index (χ1v) is 7.95. The number of carboxylic acid groups (broad SMARTS) is 1. The summed E-state index contributed by atoms with van der Waals surface area (Å²) in [6.07, 6.45) is 0.995. The zero-order chi connectivity index (χ0) is 17.7. The molecule has 24 heavy (non-hydrogen) atoms. The van der Waals surface area contributed by atoms with E-state index in [2.05, 4.69) is 10.4 Å². The van der Waals surface area contributed by atoms with Crippen LogP contribution in [0.15, 0.2) is 30.3 Å². The van der Waals surface area contributed by atoms with Gasteiger partial charge in [-0.15, -0.1) is 0 Å². The van der Waals surface area contributed by atoms with Gasteiger partial charge in [0.05, 0.1) is 11.3 Å². The Hall–Kier alpha value is -2.63. The number of hydrogen-bond donors (Lipinski definition) is 2. The SMILES string of the molecule is Cc1nn(C)c(C)c1C(=O)NC(CCC(=O)O)Cc1ccccc1. The van der Waals surface area contributed by atoms with Crippen LogP contribution in [-0.4, -0.2) is 32.8 Å². The van der Waals surface area contributed by atoms with E-state index in [0.717, 1.165) is 11.3 Å². The predicted octanol–water partition coefficient (Wildman–Crippen LogP) is 2.24. The van der Waals surface area contributed by atoms with Crippen molar-refractivity contribution in [1.82, 2.24) is 15.1 Å². The first-order valence-electron chi connectivity index (χ1n) is 7.95. The van der Waals surface area contributed by atoms with Gasteiger partial charge in [-0.2, -0.15) is 5.10 Å². The van der Waals surface area contributed by atoms with E-state index in [4.69, 9.17) is 5.11 Å². The summed E-state index contributed by atoms with van der Waals surface area (Å²) < 4.78 is 1.67. The number of carbonyl (C=O) groups is 2. The number of carboxylic acids is 1. The fourth-order valence-corrected chi connectivity index (χ4v) is 2.78. The Balaban J connectivity index is 2.14. The molecule has 1 aromatic carbocycles. The van der Waals surface area contributed by atoms with Gasteiger partial charge in [0.2, 0.25) is 0 Å². The van der Waals surface area contributed by atoms with Gasteiger partial charge in [-0.25, -0.2) is 0 Å². The Morgan fingerprint density at radius 1 is 1.25 bits per heavy atom. The molecule has 128 valence electrons. The van der Waals surface area contributed by atoms with Crippen molar-refractivity contribution in [1.29, 1.82) is 0 Å². The maximum Gasteiger partial charge on any atom is 0.303 e. The van der Waals surface area contributed by atoms with Crippen LogP contribution in [0.25, 0.3) is 0 Å². The molecule has 0 saturated heterocycles. The second-order valence-electron chi connectivity index (χ2n) is 5.96. The van der Waals surface area contributed by atoms with E-state index >= 15 is 0 Å². The highest BCUT2D eigenvalue weighted by molar-refractivity contribution is 5.96. The number of rotatable bonds is 7. The average Bonchev–Trinajstić information content (AvgIpc) is 2.78. The van der Waals surface area contributed by atoms with Crippen LogP contribution >= 0.6 is 0 Å². The van der Waals surface area contributed by atoms with E-state index in [0.29, 0.717) is 24.1 Å². The average molecular weight is 329 g/mol. The maximum absolute atomic E-state index is 12.6. The van der Waals surface area contributed by atoms with Crippen LogP contribution in [-0.2, 0) is 18.3 Å². The Morgan fingerprint density at radius 3 is 2.46 bits per heavy atom. The maximum atomic E-state index is 12.6. The number of aryl methyl sites for hydroxylation is 2. The molecule has 0 aliphatic rings. The minimum absolute atomic E-state index is 0.0167. The summed E-state index contributed by atoms with van der Waals surface area (Å²) in [4.78, 5) is 23.5. The number of benzene rings is 1. The molecular formula is C18H23N3O3.